The summed E-state index contributed by atoms with van der Waals surface area (Å²) in [6.45, 7) is 8.91. The van der Waals surface area contributed by atoms with Gasteiger partial charge in [-0.05, 0) is 59.1 Å². The van der Waals surface area contributed by atoms with Crippen LogP contribution >= 0.6 is 0 Å². The SMILES string of the molecule is CCOC(=O)C(Cn1nc(C)c(C)c1C)(NC)C1CC1. The summed E-state index contributed by atoms with van der Waals surface area (Å²) >= 11 is 0. The van der Waals surface area contributed by atoms with Crippen LogP contribution in [0, 0.1) is 26.7 Å². The van der Waals surface area contributed by atoms with Crippen molar-refractivity contribution in [3.05, 3.63) is 17.0 Å². The largest absolute Gasteiger partial charge is 0.465 e. The third-order valence-corrected chi connectivity index (χ3v) is 4.50. The summed E-state index contributed by atoms with van der Waals surface area (Å²) in [4.78, 5) is 12.5. The van der Waals surface area contributed by atoms with Gasteiger partial charge in [-0.3, -0.25) is 4.68 Å². The van der Waals surface area contributed by atoms with Gasteiger partial charge in [-0.2, -0.15) is 5.10 Å². The average molecular weight is 279 g/mol. The van der Waals surface area contributed by atoms with Gasteiger partial charge in [0.25, 0.3) is 0 Å². The van der Waals surface area contributed by atoms with E-state index in [-0.39, 0.29) is 5.97 Å². The molecule has 0 saturated heterocycles. The zero-order valence-corrected chi connectivity index (χ0v) is 13.1. The highest BCUT2D eigenvalue weighted by molar-refractivity contribution is 5.81. The molecule has 1 aliphatic rings. The highest BCUT2D eigenvalue weighted by Crippen LogP contribution is 2.41. The van der Waals surface area contributed by atoms with Crippen LogP contribution in [0.25, 0.3) is 0 Å². The highest BCUT2D eigenvalue weighted by atomic mass is 16.5. The number of nitrogens with zero attached hydrogens (tertiary/aromatic N) is 2. The lowest BCUT2D eigenvalue weighted by atomic mass is 9.93. The van der Waals surface area contributed by atoms with Crippen LogP contribution in [0.4, 0.5) is 0 Å². The summed E-state index contributed by atoms with van der Waals surface area (Å²) in [6, 6.07) is 0. The molecule has 1 heterocycles. The molecule has 5 nitrogen and oxygen atoms in total. The molecule has 0 spiro atoms. The third kappa shape index (κ3) is 2.46. The van der Waals surface area contributed by atoms with Crippen molar-refractivity contribution in [2.24, 2.45) is 5.92 Å². The van der Waals surface area contributed by atoms with Gasteiger partial charge in [0.1, 0.15) is 5.54 Å². The first kappa shape index (κ1) is 15.0. The van der Waals surface area contributed by atoms with Crippen molar-refractivity contribution in [2.75, 3.05) is 13.7 Å². The Morgan fingerprint density at radius 3 is 2.50 bits per heavy atom. The number of hydrogen-bond acceptors (Lipinski definition) is 4. The molecule has 2 rings (SSSR count). The topological polar surface area (TPSA) is 56.2 Å². The smallest absolute Gasteiger partial charge is 0.328 e. The van der Waals surface area contributed by atoms with Crippen molar-refractivity contribution in [2.45, 2.75) is 52.6 Å². The first-order valence-corrected chi connectivity index (χ1v) is 7.33. The number of hydrogen-bond donors (Lipinski definition) is 1. The van der Waals surface area contributed by atoms with Gasteiger partial charge in [-0.25, -0.2) is 4.79 Å². The second kappa shape index (κ2) is 5.56. The summed E-state index contributed by atoms with van der Waals surface area (Å²) in [5.74, 6) is 0.186. The summed E-state index contributed by atoms with van der Waals surface area (Å²) in [5.41, 5.74) is 2.68. The number of rotatable bonds is 6. The van der Waals surface area contributed by atoms with Gasteiger partial charge in [-0.1, -0.05) is 0 Å². The molecule has 1 atom stereocenters. The van der Waals surface area contributed by atoms with Gasteiger partial charge in [0.15, 0.2) is 0 Å². The molecule has 1 aromatic rings. The van der Waals surface area contributed by atoms with E-state index in [0.717, 1.165) is 24.2 Å². The molecule has 0 amide bonds. The minimum Gasteiger partial charge on any atom is -0.465 e. The minimum absolute atomic E-state index is 0.157. The zero-order chi connectivity index (χ0) is 14.9. The predicted octanol–water partition coefficient (Wildman–Crippen LogP) is 1.74. The van der Waals surface area contributed by atoms with Crippen molar-refractivity contribution >= 4 is 5.97 Å². The molecule has 5 heteroatoms. The minimum atomic E-state index is -0.647. The van der Waals surface area contributed by atoms with Gasteiger partial charge in [0.05, 0.1) is 18.8 Å². The number of esters is 1. The summed E-state index contributed by atoms with van der Waals surface area (Å²) < 4.78 is 7.25. The fourth-order valence-corrected chi connectivity index (χ4v) is 2.76. The van der Waals surface area contributed by atoms with E-state index in [2.05, 4.69) is 17.3 Å². The molecule has 0 bridgehead atoms. The predicted molar refractivity (Wildman–Crippen MR) is 77.6 cm³/mol. The van der Waals surface area contributed by atoms with E-state index >= 15 is 0 Å². The lowest BCUT2D eigenvalue weighted by molar-refractivity contribution is -0.153. The van der Waals surface area contributed by atoms with Crippen LogP contribution in [0.1, 0.15) is 36.7 Å². The molecule has 1 unspecified atom stereocenters. The Hall–Kier alpha value is -1.36. The maximum Gasteiger partial charge on any atom is 0.328 e. The normalized spacial score (nSPS) is 17.9. The summed E-state index contributed by atoms with van der Waals surface area (Å²) in [5, 5.41) is 7.80. The van der Waals surface area contributed by atoms with Crippen LogP contribution in [0.2, 0.25) is 0 Å². The van der Waals surface area contributed by atoms with Gasteiger partial charge in [0, 0.05) is 5.69 Å². The Morgan fingerprint density at radius 2 is 2.10 bits per heavy atom. The second-order valence-electron chi connectivity index (χ2n) is 5.67. The van der Waals surface area contributed by atoms with E-state index in [1.54, 1.807) is 0 Å². The van der Waals surface area contributed by atoms with Crippen LogP contribution in [0.15, 0.2) is 0 Å². The Balaban J connectivity index is 2.32. The Labute approximate surface area is 120 Å². The summed E-state index contributed by atoms with van der Waals surface area (Å²) in [7, 11) is 1.84. The van der Waals surface area contributed by atoms with Crippen LogP contribution in [-0.2, 0) is 16.1 Å². The van der Waals surface area contributed by atoms with Crippen LogP contribution in [-0.4, -0.2) is 34.9 Å². The van der Waals surface area contributed by atoms with Crippen molar-refractivity contribution in [3.63, 3.8) is 0 Å². The standard InChI is InChI=1S/C15H25N3O2/c1-6-20-14(19)15(16-5,13-7-8-13)9-18-12(4)10(2)11(3)17-18/h13,16H,6-9H2,1-5H3. The third-order valence-electron chi connectivity index (χ3n) is 4.50. The number of carbonyl (C=O) groups is 1. The van der Waals surface area contributed by atoms with Crippen LogP contribution in [0.5, 0.6) is 0 Å². The zero-order valence-electron chi connectivity index (χ0n) is 13.1. The van der Waals surface area contributed by atoms with E-state index in [1.807, 2.05) is 32.5 Å². The molecule has 0 aliphatic heterocycles. The molecular formula is C15H25N3O2. The number of aromatic nitrogens is 2. The quantitative estimate of drug-likeness (QED) is 0.806. The fourth-order valence-electron chi connectivity index (χ4n) is 2.76. The molecule has 1 aromatic heterocycles. The molecule has 0 aromatic carbocycles. The Kier molecular flexibility index (Phi) is 4.18. The van der Waals surface area contributed by atoms with Gasteiger partial charge in [0.2, 0.25) is 0 Å². The molecule has 1 N–H and O–H groups in total. The maximum absolute atomic E-state index is 12.5. The number of aryl methyl sites for hydroxylation is 1. The monoisotopic (exact) mass is 279 g/mol. The first-order valence-electron chi connectivity index (χ1n) is 7.33. The molecule has 20 heavy (non-hydrogen) atoms. The van der Waals surface area contributed by atoms with Crippen molar-refractivity contribution in [3.8, 4) is 0 Å². The molecule has 112 valence electrons. The number of ether oxygens (including phenoxy) is 1. The van der Waals surface area contributed by atoms with E-state index in [0.29, 0.717) is 19.1 Å². The van der Waals surface area contributed by atoms with Gasteiger partial charge >= 0.3 is 5.97 Å². The summed E-state index contributed by atoms with van der Waals surface area (Å²) in [6.07, 6.45) is 2.13. The molecule has 1 saturated carbocycles. The molecule has 0 radical (unpaired) electrons. The van der Waals surface area contributed by atoms with E-state index in [9.17, 15) is 4.79 Å². The fraction of sp³-hybridized carbons (Fsp3) is 0.733. The van der Waals surface area contributed by atoms with E-state index in [1.165, 1.54) is 5.56 Å². The first-order chi connectivity index (χ1) is 9.46. The Morgan fingerprint density at radius 1 is 1.45 bits per heavy atom. The lowest BCUT2D eigenvalue weighted by Crippen LogP contribution is -2.56. The number of nitrogens with one attached hydrogen (secondary N) is 1. The number of carbonyl (C=O) groups excluding carboxylic acids is 1. The van der Waals surface area contributed by atoms with Gasteiger partial charge < -0.3 is 10.1 Å². The molecule has 1 aliphatic carbocycles. The van der Waals surface area contributed by atoms with Crippen LogP contribution < -0.4 is 5.32 Å². The van der Waals surface area contributed by atoms with Crippen LogP contribution in [0.3, 0.4) is 0 Å². The van der Waals surface area contributed by atoms with E-state index in [4.69, 9.17) is 4.74 Å². The maximum atomic E-state index is 12.5. The van der Waals surface area contributed by atoms with Crippen molar-refractivity contribution < 1.29 is 9.53 Å². The van der Waals surface area contributed by atoms with Gasteiger partial charge in [-0.15, -0.1) is 0 Å². The average Bonchev–Trinajstić information content (AvgIpc) is 3.23. The lowest BCUT2D eigenvalue weighted by Gasteiger charge is -2.31. The van der Waals surface area contributed by atoms with E-state index < -0.39 is 5.54 Å². The van der Waals surface area contributed by atoms with Crippen molar-refractivity contribution in [1.29, 1.82) is 0 Å². The molecular weight excluding hydrogens is 254 g/mol. The second-order valence-corrected chi connectivity index (χ2v) is 5.67. The van der Waals surface area contributed by atoms with Crippen molar-refractivity contribution in [1.82, 2.24) is 15.1 Å². The molecule has 1 fully saturated rings. The number of likely N-dealkylation sites (N-methyl/N-ethyl adjacent to an activating group) is 1. The Bertz CT molecular complexity index is 505. The highest BCUT2D eigenvalue weighted by Gasteiger charge is 2.51.